The summed E-state index contributed by atoms with van der Waals surface area (Å²) >= 11 is 6.11. The number of benzene rings is 1. The van der Waals surface area contributed by atoms with Crippen LogP contribution in [0.2, 0.25) is 5.02 Å². The smallest absolute Gasteiger partial charge is 0.429 e. The predicted molar refractivity (Wildman–Crippen MR) is 131 cm³/mol. The lowest BCUT2D eigenvalue weighted by Gasteiger charge is -2.31. The summed E-state index contributed by atoms with van der Waals surface area (Å²) in [6.45, 7) is 3.73. The van der Waals surface area contributed by atoms with Crippen molar-refractivity contribution in [3.05, 3.63) is 64.6 Å². The van der Waals surface area contributed by atoms with Gasteiger partial charge in [-0.2, -0.15) is 23.3 Å². The fourth-order valence-corrected chi connectivity index (χ4v) is 5.11. The summed E-state index contributed by atoms with van der Waals surface area (Å²) in [6, 6.07) is 7.22. The van der Waals surface area contributed by atoms with Crippen molar-refractivity contribution in [3.8, 4) is 11.6 Å². The van der Waals surface area contributed by atoms with E-state index in [0.29, 0.717) is 11.4 Å². The maximum atomic E-state index is 14.3. The number of alkyl halides is 3. The highest BCUT2D eigenvalue weighted by atomic mass is 35.5. The summed E-state index contributed by atoms with van der Waals surface area (Å²) in [5, 5.41) is 7.94. The number of nitrogens with one attached hydrogen (secondary N) is 1. The molecule has 1 aliphatic carbocycles. The number of nitrogens with zero attached hydrogens (tertiary/aromatic N) is 4. The van der Waals surface area contributed by atoms with Crippen LogP contribution < -0.4 is 15.8 Å². The molecule has 2 atom stereocenters. The molecule has 1 fully saturated rings. The summed E-state index contributed by atoms with van der Waals surface area (Å²) in [4.78, 5) is 8.25. The molecule has 0 unspecified atom stereocenters. The highest BCUT2D eigenvalue weighted by molar-refractivity contribution is 6.30. The normalized spacial score (nSPS) is 21.0. The molecule has 2 aliphatic rings. The lowest BCUT2D eigenvalue weighted by molar-refractivity contribution is -0.198. The minimum Gasteiger partial charge on any atom is -0.459 e. The van der Waals surface area contributed by atoms with Crippen molar-refractivity contribution in [1.82, 2.24) is 25.1 Å². The lowest BCUT2D eigenvalue weighted by Crippen LogP contribution is -2.28. The van der Waals surface area contributed by atoms with Gasteiger partial charge in [-0.3, -0.25) is 0 Å². The van der Waals surface area contributed by atoms with Crippen molar-refractivity contribution in [2.24, 2.45) is 5.41 Å². The molecular weight excluding hydrogens is 493 g/mol. The fraction of sp³-hybridized carbons (Fsp3) is 0.400. The monoisotopic (exact) mass is 518 g/mol. The van der Waals surface area contributed by atoms with Gasteiger partial charge in [-0.25, -0.2) is 9.67 Å². The van der Waals surface area contributed by atoms with E-state index in [2.05, 4.69) is 26.5 Å². The Kier molecular flexibility index (Phi) is 6.42. The average molecular weight is 519 g/mol. The van der Waals surface area contributed by atoms with Gasteiger partial charge >= 0.3 is 6.18 Å². The molecule has 0 amide bonds. The predicted octanol–water partition coefficient (Wildman–Crippen LogP) is 5.44. The van der Waals surface area contributed by atoms with Crippen LogP contribution in [0.15, 0.2) is 42.6 Å². The van der Waals surface area contributed by atoms with Crippen molar-refractivity contribution in [2.75, 3.05) is 18.8 Å². The summed E-state index contributed by atoms with van der Waals surface area (Å²) < 4.78 is 49.9. The first-order chi connectivity index (χ1) is 17.1. The number of halogens is 4. The standard InChI is InChI=1S/C25H26ClF3N6O/c1-15-6-11-35(34-15)20-12-17(26)2-3-18(20)22(25(27,28)29)36-21-13-19(32-23(30)33-21)16-4-7-24(8-5-16)9-10-31-14-24/h2-4,6,11-13,22,31H,5,7-10,14H2,1H3,(H2,30,32,33)/t22-,24+/m1/s1. The molecule has 0 saturated carbocycles. The van der Waals surface area contributed by atoms with E-state index in [9.17, 15) is 13.2 Å². The van der Waals surface area contributed by atoms with Gasteiger partial charge in [0.05, 0.1) is 17.1 Å². The van der Waals surface area contributed by atoms with Crippen LogP contribution in [0, 0.1) is 12.3 Å². The van der Waals surface area contributed by atoms with E-state index < -0.39 is 12.3 Å². The average Bonchev–Trinajstić information content (AvgIpc) is 3.46. The number of allylic oxidation sites excluding steroid dienone is 2. The minimum absolute atomic E-state index is 0.147. The van der Waals surface area contributed by atoms with Crippen LogP contribution in [-0.4, -0.2) is 39.0 Å². The van der Waals surface area contributed by atoms with E-state index in [4.69, 9.17) is 22.1 Å². The molecule has 3 aromatic rings. The van der Waals surface area contributed by atoms with Crippen molar-refractivity contribution in [1.29, 1.82) is 0 Å². The van der Waals surface area contributed by atoms with Crippen molar-refractivity contribution in [2.45, 2.75) is 44.9 Å². The summed E-state index contributed by atoms with van der Waals surface area (Å²) in [5.74, 6) is -0.396. The molecule has 0 radical (unpaired) electrons. The quantitative estimate of drug-likeness (QED) is 0.467. The van der Waals surface area contributed by atoms with E-state index in [1.54, 1.807) is 19.2 Å². The summed E-state index contributed by atoms with van der Waals surface area (Å²) in [5.41, 5.74) is 8.22. The van der Waals surface area contributed by atoms with Gasteiger partial charge in [0.2, 0.25) is 17.9 Å². The van der Waals surface area contributed by atoms with Crippen LogP contribution in [-0.2, 0) is 0 Å². The Morgan fingerprint density at radius 3 is 2.67 bits per heavy atom. The lowest BCUT2D eigenvalue weighted by atomic mass is 9.74. The number of ether oxygens (including phenoxy) is 1. The number of anilines is 1. The first-order valence-corrected chi connectivity index (χ1v) is 12.1. The van der Waals surface area contributed by atoms with Gasteiger partial charge in [-0.1, -0.05) is 23.7 Å². The number of nitrogens with two attached hydrogens (primary N) is 1. The molecule has 1 aromatic carbocycles. The number of rotatable bonds is 5. The Morgan fingerprint density at radius 2 is 2.03 bits per heavy atom. The van der Waals surface area contributed by atoms with E-state index in [1.807, 2.05) is 0 Å². The van der Waals surface area contributed by atoms with Crippen molar-refractivity contribution in [3.63, 3.8) is 0 Å². The number of nitrogen functional groups attached to an aromatic ring is 1. The van der Waals surface area contributed by atoms with Gasteiger partial charge in [0.25, 0.3) is 0 Å². The fourth-order valence-electron chi connectivity index (χ4n) is 4.94. The molecule has 3 heterocycles. The van der Waals surface area contributed by atoms with Crippen molar-refractivity contribution >= 4 is 23.1 Å². The van der Waals surface area contributed by atoms with Crippen molar-refractivity contribution < 1.29 is 17.9 Å². The molecular formula is C25H26ClF3N6O. The topological polar surface area (TPSA) is 90.9 Å². The maximum absolute atomic E-state index is 14.3. The minimum atomic E-state index is -4.75. The van der Waals surface area contributed by atoms with Gasteiger partial charge < -0.3 is 15.8 Å². The first kappa shape index (κ1) is 24.6. The number of aryl methyl sites for hydroxylation is 1. The molecule has 190 valence electrons. The van der Waals surface area contributed by atoms with Gasteiger partial charge in [0, 0.05) is 29.4 Å². The van der Waals surface area contributed by atoms with Crippen LogP contribution in [0.1, 0.15) is 48.7 Å². The Hall–Kier alpha value is -3.11. The van der Waals surface area contributed by atoms with E-state index in [-0.39, 0.29) is 33.5 Å². The second-order valence-corrected chi connectivity index (χ2v) is 9.89. The van der Waals surface area contributed by atoms with E-state index in [0.717, 1.165) is 44.3 Å². The second kappa shape index (κ2) is 9.40. The van der Waals surface area contributed by atoms with Crippen LogP contribution in [0.5, 0.6) is 5.88 Å². The summed E-state index contributed by atoms with van der Waals surface area (Å²) in [7, 11) is 0. The zero-order chi connectivity index (χ0) is 25.5. The molecule has 5 rings (SSSR count). The molecule has 2 aromatic heterocycles. The van der Waals surface area contributed by atoms with Crippen LogP contribution >= 0.6 is 11.6 Å². The SMILES string of the molecule is Cc1ccn(-c2cc(Cl)ccc2[C@@H](Oc2cc(C3=CC[C@@]4(CCNC4)CC3)nc(N)n2)C(F)(F)F)n1. The molecule has 1 spiro atoms. The third-order valence-electron chi connectivity index (χ3n) is 6.87. The number of hydrogen-bond donors (Lipinski definition) is 2. The van der Waals surface area contributed by atoms with Gasteiger partial charge in [-0.15, -0.1) is 0 Å². The molecule has 11 heteroatoms. The third-order valence-corrected chi connectivity index (χ3v) is 7.10. The van der Waals surface area contributed by atoms with Crippen LogP contribution in [0.3, 0.4) is 0 Å². The van der Waals surface area contributed by atoms with E-state index in [1.165, 1.54) is 28.9 Å². The Bertz CT molecular complexity index is 1300. The first-order valence-electron chi connectivity index (χ1n) is 11.7. The molecule has 0 bridgehead atoms. The Morgan fingerprint density at radius 1 is 1.19 bits per heavy atom. The maximum Gasteiger partial charge on any atom is 0.429 e. The number of aromatic nitrogens is 4. The van der Waals surface area contributed by atoms with Crippen LogP contribution in [0.4, 0.5) is 19.1 Å². The molecule has 1 saturated heterocycles. The third kappa shape index (κ3) is 5.05. The molecule has 1 aliphatic heterocycles. The largest absolute Gasteiger partial charge is 0.459 e. The number of hydrogen-bond acceptors (Lipinski definition) is 6. The Balaban J connectivity index is 1.48. The van der Waals surface area contributed by atoms with Crippen LogP contribution in [0.25, 0.3) is 11.3 Å². The molecule has 36 heavy (non-hydrogen) atoms. The zero-order valence-electron chi connectivity index (χ0n) is 19.6. The van der Waals surface area contributed by atoms with Gasteiger partial charge in [0.15, 0.2) is 0 Å². The van der Waals surface area contributed by atoms with E-state index >= 15 is 0 Å². The molecule has 3 N–H and O–H groups in total. The second-order valence-electron chi connectivity index (χ2n) is 9.45. The Labute approximate surface area is 211 Å². The zero-order valence-corrected chi connectivity index (χ0v) is 20.4. The highest BCUT2D eigenvalue weighted by Gasteiger charge is 2.45. The molecule has 7 nitrogen and oxygen atoms in total. The summed E-state index contributed by atoms with van der Waals surface area (Å²) in [6.07, 6.45) is 0.346. The highest BCUT2D eigenvalue weighted by Crippen LogP contribution is 2.43. The van der Waals surface area contributed by atoms with Gasteiger partial charge in [0.1, 0.15) is 0 Å². The van der Waals surface area contributed by atoms with Gasteiger partial charge in [-0.05, 0) is 68.3 Å².